The SMILES string of the molecule is O=C(c1ccc(F)c(Cl)c1)N1CC2CCC(O)C2C1. The van der Waals surface area contributed by atoms with Gasteiger partial charge in [-0.3, -0.25) is 4.79 Å². The molecule has 0 bridgehead atoms. The van der Waals surface area contributed by atoms with Gasteiger partial charge in [-0.2, -0.15) is 0 Å². The van der Waals surface area contributed by atoms with Crippen molar-refractivity contribution in [2.24, 2.45) is 11.8 Å². The molecule has 2 aliphatic rings. The molecule has 0 spiro atoms. The first-order valence-electron chi connectivity index (χ1n) is 6.48. The van der Waals surface area contributed by atoms with E-state index in [2.05, 4.69) is 0 Å². The predicted molar refractivity (Wildman–Crippen MR) is 69.5 cm³/mol. The number of amides is 1. The molecule has 0 radical (unpaired) electrons. The molecule has 1 saturated heterocycles. The summed E-state index contributed by atoms with van der Waals surface area (Å²) in [5.74, 6) is -0.0647. The van der Waals surface area contributed by atoms with Gasteiger partial charge in [-0.25, -0.2) is 4.39 Å². The van der Waals surface area contributed by atoms with Crippen molar-refractivity contribution in [1.29, 1.82) is 0 Å². The third-order valence-electron chi connectivity index (χ3n) is 4.27. The van der Waals surface area contributed by atoms with Crippen LogP contribution in [-0.2, 0) is 0 Å². The highest BCUT2D eigenvalue weighted by Gasteiger charge is 2.43. The molecule has 1 amide bonds. The number of hydrogen-bond acceptors (Lipinski definition) is 2. The molecular weight excluding hydrogens is 269 g/mol. The molecule has 3 atom stereocenters. The molecule has 3 rings (SSSR count). The number of carbonyl (C=O) groups is 1. The third kappa shape index (κ3) is 2.23. The maximum absolute atomic E-state index is 13.1. The van der Waals surface area contributed by atoms with E-state index >= 15 is 0 Å². The molecule has 3 unspecified atom stereocenters. The molecule has 1 aromatic rings. The van der Waals surface area contributed by atoms with Gasteiger partial charge in [0.2, 0.25) is 0 Å². The second kappa shape index (κ2) is 4.76. The zero-order valence-corrected chi connectivity index (χ0v) is 11.1. The van der Waals surface area contributed by atoms with Crippen LogP contribution in [0, 0.1) is 17.7 Å². The molecule has 1 aliphatic heterocycles. The highest BCUT2D eigenvalue weighted by Crippen LogP contribution is 2.38. The molecule has 1 aliphatic carbocycles. The minimum atomic E-state index is -0.521. The van der Waals surface area contributed by atoms with Gasteiger partial charge in [0.25, 0.3) is 5.91 Å². The Morgan fingerprint density at radius 3 is 2.84 bits per heavy atom. The summed E-state index contributed by atoms with van der Waals surface area (Å²) in [6, 6.07) is 4.03. The van der Waals surface area contributed by atoms with Gasteiger partial charge < -0.3 is 10.0 Å². The van der Waals surface area contributed by atoms with E-state index in [1.807, 2.05) is 0 Å². The summed E-state index contributed by atoms with van der Waals surface area (Å²) in [6.07, 6.45) is 1.51. The number of rotatable bonds is 1. The molecule has 0 aromatic heterocycles. The van der Waals surface area contributed by atoms with Crippen molar-refractivity contribution in [2.45, 2.75) is 18.9 Å². The molecule has 102 valence electrons. The molecule has 1 aromatic carbocycles. The lowest BCUT2D eigenvalue weighted by Gasteiger charge is -2.18. The summed E-state index contributed by atoms with van der Waals surface area (Å²) in [5, 5.41) is 9.80. The smallest absolute Gasteiger partial charge is 0.253 e. The first kappa shape index (κ1) is 12.9. The fourth-order valence-electron chi connectivity index (χ4n) is 3.21. The summed E-state index contributed by atoms with van der Waals surface area (Å²) in [4.78, 5) is 14.0. The number of aliphatic hydroxyl groups is 1. The molecule has 1 saturated carbocycles. The monoisotopic (exact) mass is 283 g/mol. The van der Waals surface area contributed by atoms with Gasteiger partial charge in [0.1, 0.15) is 5.82 Å². The van der Waals surface area contributed by atoms with E-state index in [-0.39, 0.29) is 23.0 Å². The van der Waals surface area contributed by atoms with Crippen LogP contribution in [0.25, 0.3) is 0 Å². The first-order valence-corrected chi connectivity index (χ1v) is 6.86. The highest BCUT2D eigenvalue weighted by atomic mass is 35.5. The number of likely N-dealkylation sites (tertiary alicyclic amines) is 1. The van der Waals surface area contributed by atoms with Crippen LogP contribution in [0.4, 0.5) is 4.39 Å². The molecule has 2 fully saturated rings. The van der Waals surface area contributed by atoms with Gasteiger partial charge in [0.15, 0.2) is 0 Å². The van der Waals surface area contributed by atoms with Crippen molar-refractivity contribution in [3.63, 3.8) is 0 Å². The fourth-order valence-corrected chi connectivity index (χ4v) is 3.39. The van der Waals surface area contributed by atoms with E-state index in [1.165, 1.54) is 18.2 Å². The number of benzene rings is 1. The number of fused-ring (bicyclic) bond motifs is 1. The summed E-state index contributed by atoms with van der Waals surface area (Å²) in [7, 11) is 0. The first-order chi connectivity index (χ1) is 9.06. The average Bonchev–Trinajstić information content (AvgIpc) is 2.95. The van der Waals surface area contributed by atoms with Crippen LogP contribution < -0.4 is 0 Å². The van der Waals surface area contributed by atoms with E-state index in [4.69, 9.17) is 11.6 Å². The van der Waals surface area contributed by atoms with Crippen LogP contribution in [0.15, 0.2) is 18.2 Å². The van der Waals surface area contributed by atoms with Crippen molar-refractivity contribution in [3.8, 4) is 0 Å². The van der Waals surface area contributed by atoms with Crippen LogP contribution in [0.2, 0.25) is 5.02 Å². The number of halogens is 2. The molecule has 1 N–H and O–H groups in total. The molecule has 1 heterocycles. The van der Waals surface area contributed by atoms with Gasteiger partial charge in [0.05, 0.1) is 11.1 Å². The van der Waals surface area contributed by atoms with E-state index in [0.29, 0.717) is 24.6 Å². The number of hydrogen-bond donors (Lipinski definition) is 1. The summed E-state index contributed by atoms with van der Waals surface area (Å²) >= 11 is 5.70. The Balaban J connectivity index is 1.76. The largest absolute Gasteiger partial charge is 0.393 e. The van der Waals surface area contributed by atoms with E-state index in [9.17, 15) is 14.3 Å². The van der Waals surface area contributed by atoms with Crippen LogP contribution >= 0.6 is 11.6 Å². The zero-order chi connectivity index (χ0) is 13.6. The van der Waals surface area contributed by atoms with Crippen LogP contribution in [0.3, 0.4) is 0 Å². The maximum Gasteiger partial charge on any atom is 0.253 e. The predicted octanol–water partition coefficient (Wildman–Crippen LogP) is 2.32. The summed E-state index contributed by atoms with van der Waals surface area (Å²) in [6.45, 7) is 1.26. The fraction of sp³-hybridized carbons (Fsp3) is 0.500. The van der Waals surface area contributed by atoms with E-state index in [0.717, 1.165) is 12.8 Å². The quantitative estimate of drug-likeness (QED) is 0.859. The number of aliphatic hydroxyl groups excluding tert-OH is 1. The second-order valence-corrected chi connectivity index (χ2v) is 5.81. The molecule has 3 nitrogen and oxygen atoms in total. The molecule has 19 heavy (non-hydrogen) atoms. The Kier molecular flexibility index (Phi) is 3.23. The van der Waals surface area contributed by atoms with Crippen molar-refractivity contribution in [3.05, 3.63) is 34.6 Å². The number of nitrogens with zero attached hydrogens (tertiary/aromatic N) is 1. The topological polar surface area (TPSA) is 40.5 Å². The Labute approximate surface area is 116 Å². The van der Waals surface area contributed by atoms with Crippen molar-refractivity contribution < 1.29 is 14.3 Å². The van der Waals surface area contributed by atoms with Crippen LogP contribution in [0.5, 0.6) is 0 Å². The minimum Gasteiger partial charge on any atom is -0.393 e. The Hall–Kier alpha value is -1.13. The third-order valence-corrected chi connectivity index (χ3v) is 4.56. The lowest BCUT2D eigenvalue weighted by molar-refractivity contribution is 0.0752. The Morgan fingerprint density at radius 1 is 1.37 bits per heavy atom. The van der Waals surface area contributed by atoms with Gasteiger partial charge in [-0.05, 0) is 37.0 Å². The lowest BCUT2D eigenvalue weighted by Crippen LogP contribution is -2.31. The minimum absolute atomic E-state index is 0.0368. The average molecular weight is 284 g/mol. The highest BCUT2D eigenvalue weighted by molar-refractivity contribution is 6.31. The van der Waals surface area contributed by atoms with Crippen molar-refractivity contribution >= 4 is 17.5 Å². The van der Waals surface area contributed by atoms with E-state index < -0.39 is 5.82 Å². The summed E-state index contributed by atoms with van der Waals surface area (Å²) in [5.41, 5.74) is 0.404. The number of carbonyl (C=O) groups excluding carboxylic acids is 1. The van der Waals surface area contributed by atoms with Gasteiger partial charge in [-0.15, -0.1) is 0 Å². The molecular formula is C14H15ClFNO2. The summed E-state index contributed by atoms with van der Waals surface area (Å²) < 4.78 is 13.1. The zero-order valence-electron chi connectivity index (χ0n) is 10.4. The van der Waals surface area contributed by atoms with Crippen LogP contribution in [-0.4, -0.2) is 35.1 Å². The van der Waals surface area contributed by atoms with Gasteiger partial charge in [0, 0.05) is 24.6 Å². The Bertz CT molecular complexity index is 522. The van der Waals surface area contributed by atoms with E-state index in [1.54, 1.807) is 4.90 Å². The van der Waals surface area contributed by atoms with Crippen molar-refractivity contribution in [2.75, 3.05) is 13.1 Å². The van der Waals surface area contributed by atoms with Gasteiger partial charge in [-0.1, -0.05) is 11.6 Å². The van der Waals surface area contributed by atoms with Crippen LogP contribution in [0.1, 0.15) is 23.2 Å². The molecule has 5 heteroatoms. The van der Waals surface area contributed by atoms with Gasteiger partial charge >= 0.3 is 0 Å². The lowest BCUT2D eigenvalue weighted by atomic mass is 10.00. The Morgan fingerprint density at radius 2 is 2.16 bits per heavy atom. The maximum atomic E-state index is 13.1. The standard InChI is InChI=1S/C14H15ClFNO2/c15-11-5-8(1-3-12(11)16)14(19)17-6-9-2-4-13(18)10(9)7-17/h1,3,5,9-10,13,18H,2,4,6-7H2. The van der Waals surface area contributed by atoms with Crippen molar-refractivity contribution in [1.82, 2.24) is 4.90 Å². The normalized spacial score (nSPS) is 29.6. The second-order valence-electron chi connectivity index (χ2n) is 5.41.